The summed E-state index contributed by atoms with van der Waals surface area (Å²) in [7, 11) is 0. The van der Waals surface area contributed by atoms with Gasteiger partial charge in [-0.15, -0.1) is 0 Å². The normalized spacial score (nSPS) is 18.7. The highest BCUT2D eigenvalue weighted by Gasteiger charge is 2.33. The molecule has 0 radical (unpaired) electrons. The van der Waals surface area contributed by atoms with E-state index in [0.29, 0.717) is 34.9 Å². The van der Waals surface area contributed by atoms with Crippen LogP contribution in [0.15, 0.2) is 59.1 Å². The zero-order valence-corrected chi connectivity index (χ0v) is 16.1. The van der Waals surface area contributed by atoms with Gasteiger partial charge in [0.25, 0.3) is 11.8 Å². The van der Waals surface area contributed by atoms with Crippen molar-refractivity contribution in [1.82, 2.24) is 20.8 Å². The molecule has 144 valence electrons. The molecule has 1 heterocycles. The van der Waals surface area contributed by atoms with Crippen LogP contribution in [0.5, 0.6) is 0 Å². The largest absolute Gasteiger partial charge is 0.348 e. The summed E-state index contributed by atoms with van der Waals surface area (Å²) in [4.78, 5) is 17.4. The first kappa shape index (κ1) is 18.4. The number of carbonyl (C=O) groups is 1. The summed E-state index contributed by atoms with van der Waals surface area (Å²) in [5, 5.41) is 10.7. The molecule has 1 amide bonds. The fraction of sp³-hybridized carbons (Fsp3) is 0.318. The van der Waals surface area contributed by atoms with Crippen molar-refractivity contribution in [3.8, 4) is 22.8 Å². The van der Waals surface area contributed by atoms with Crippen molar-refractivity contribution < 1.29 is 9.32 Å². The van der Waals surface area contributed by atoms with Crippen molar-refractivity contribution in [2.45, 2.75) is 44.8 Å². The summed E-state index contributed by atoms with van der Waals surface area (Å²) in [6.07, 6.45) is 2.06. The quantitative estimate of drug-likeness (QED) is 0.686. The molecule has 3 aromatic rings. The van der Waals surface area contributed by atoms with Gasteiger partial charge < -0.3 is 15.2 Å². The summed E-state index contributed by atoms with van der Waals surface area (Å²) < 4.78 is 5.46. The lowest BCUT2D eigenvalue weighted by Crippen LogP contribution is -2.58. The van der Waals surface area contributed by atoms with Gasteiger partial charge in [0.15, 0.2) is 0 Å². The number of nitrogens with one attached hydrogen (secondary N) is 2. The van der Waals surface area contributed by atoms with Crippen LogP contribution in [0.4, 0.5) is 0 Å². The molecule has 2 atom stereocenters. The maximum absolute atomic E-state index is 12.9. The Bertz CT molecular complexity index is 952. The van der Waals surface area contributed by atoms with Gasteiger partial charge in [0, 0.05) is 23.7 Å². The second kappa shape index (κ2) is 7.94. The number of amides is 1. The maximum atomic E-state index is 12.9. The number of hydrogen-bond donors (Lipinski definition) is 2. The van der Waals surface area contributed by atoms with Gasteiger partial charge in [-0.1, -0.05) is 61.5 Å². The number of nitrogens with zero attached hydrogens (tertiary/aromatic N) is 2. The minimum absolute atomic E-state index is 0.115. The molecule has 1 aromatic heterocycles. The van der Waals surface area contributed by atoms with E-state index < -0.39 is 0 Å². The Hall–Kier alpha value is -2.99. The molecule has 1 fully saturated rings. The van der Waals surface area contributed by atoms with Crippen LogP contribution in [0.2, 0.25) is 0 Å². The Labute approximate surface area is 164 Å². The van der Waals surface area contributed by atoms with Crippen LogP contribution in [0.3, 0.4) is 0 Å². The van der Waals surface area contributed by atoms with Gasteiger partial charge in [-0.05, 0) is 25.0 Å². The Balaban J connectivity index is 1.54. The molecular formula is C22H24N4O2. The molecule has 1 saturated carbocycles. The summed E-state index contributed by atoms with van der Waals surface area (Å²) >= 11 is 0. The number of rotatable bonds is 6. The molecule has 28 heavy (non-hydrogen) atoms. The topological polar surface area (TPSA) is 80.0 Å². The number of carbonyl (C=O) groups excluding carboxylic acids is 1. The summed E-state index contributed by atoms with van der Waals surface area (Å²) in [6.45, 7) is 4.23. The second-order valence-corrected chi connectivity index (χ2v) is 7.42. The van der Waals surface area contributed by atoms with Gasteiger partial charge >= 0.3 is 0 Å². The Morgan fingerprint density at radius 2 is 1.75 bits per heavy atom. The van der Waals surface area contributed by atoms with Crippen LogP contribution >= 0.6 is 0 Å². The molecule has 4 rings (SSSR count). The van der Waals surface area contributed by atoms with Crippen molar-refractivity contribution in [3.63, 3.8) is 0 Å². The number of benzene rings is 2. The van der Waals surface area contributed by atoms with E-state index in [1.807, 2.05) is 48.5 Å². The molecule has 0 saturated heterocycles. The first-order chi connectivity index (χ1) is 13.6. The van der Waals surface area contributed by atoms with E-state index >= 15 is 0 Å². The van der Waals surface area contributed by atoms with Gasteiger partial charge in [-0.3, -0.25) is 4.79 Å². The van der Waals surface area contributed by atoms with Gasteiger partial charge in [0.2, 0.25) is 5.82 Å². The molecule has 0 aliphatic heterocycles. The molecule has 6 heteroatoms. The lowest BCUT2D eigenvalue weighted by molar-refractivity contribution is 0.0891. The van der Waals surface area contributed by atoms with Crippen molar-refractivity contribution in [2.75, 3.05) is 0 Å². The molecule has 0 bridgehead atoms. The average Bonchev–Trinajstić information content (AvgIpc) is 3.20. The SMILES string of the molecule is CC(C)N[C@@H]1CC[C@@H]1NC(=O)c1ccccc1-c1nc(-c2ccccc2)no1. The molecule has 0 unspecified atom stereocenters. The molecule has 1 aliphatic carbocycles. The minimum atomic E-state index is -0.115. The van der Waals surface area contributed by atoms with Crippen LogP contribution in [-0.4, -0.2) is 34.2 Å². The molecule has 0 spiro atoms. The first-order valence-corrected chi connectivity index (χ1v) is 9.67. The lowest BCUT2D eigenvalue weighted by Gasteiger charge is -2.39. The van der Waals surface area contributed by atoms with E-state index in [-0.39, 0.29) is 11.9 Å². The third kappa shape index (κ3) is 3.82. The van der Waals surface area contributed by atoms with E-state index in [1.165, 1.54) is 0 Å². The zero-order chi connectivity index (χ0) is 19.5. The van der Waals surface area contributed by atoms with Gasteiger partial charge in [0.05, 0.1) is 11.1 Å². The van der Waals surface area contributed by atoms with Crippen LogP contribution < -0.4 is 10.6 Å². The summed E-state index contributed by atoms with van der Waals surface area (Å²) in [5.41, 5.74) is 2.06. The predicted molar refractivity (Wildman–Crippen MR) is 108 cm³/mol. The Kier molecular flexibility index (Phi) is 5.21. The summed E-state index contributed by atoms with van der Waals surface area (Å²) in [5.74, 6) is 0.733. The van der Waals surface area contributed by atoms with E-state index in [0.717, 1.165) is 18.4 Å². The highest BCUT2D eigenvalue weighted by molar-refractivity contribution is 6.00. The zero-order valence-electron chi connectivity index (χ0n) is 16.1. The summed E-state index contributed by atoms with van der Waals surface area (Å²) in [6, 6.07) is 17.8. The Morgan fingerprint density at radius 1 is 1.04 bits per heavy atom. The van der Waals surface area contributed by atoms with Crippen LogP contribution in [0.25, 0.3) is 22.8 Å². The van der Waals surface area contributed by atoms with Crippen molar-refractivity contribution in [2.24, 2.45) is 0 Å². The van der Waals surface area contributed by atoms with E-state index in [4.69, 9.17) is 4.52 Å². The molecular weight excluding hydrogens is 352 g/mol. The molecule has 1 aliphatic rings. The van der Waals surface area contributed by atoms with Gasteiger partial charge in [0.1, 0.15) is 0 Å². The lowest BCUT2D eigenvalue weighted by atomic mass is 9.85. The van der Waals surface area contributed by atoms with Crippen molar-refractivity contribution in [1.29, 1.82) is 0 Å². The van der Waals surface area contributed by atoms with Crippen LogP contribution in [-0.2, 0) is 0 Å². The number of hydrogen-bond acceptors (Lipinski definition) is 5. The Morgan fingerprint density at radius 3 is 2.46 bits per heavy atom. The second-order valence-electron chi connectivity index (χ2n) is 7.42. The first-order valence-electron chi connectivity index (χ1n) is 9.67. The number of aromatic nitrogens is 2. The third-order valence-electron chi connectivity index (χ3n) is 5.00. The molecule has 2 aromatic carbocycles. The highest BCUT2D eigenvalue weighted by Crippen LogP contribution is 2.26. The highest BCUT2D eigenvalue weighted by atomic mass is 16.5. The third-order valence-corrected chi connectivity index (χ3v) is 5.00. The standard InChI is InChI=1S/C22H24N4O2/c1-14(2)23-18-12-13-19(18)24-21(27)16-10-6-7-11-17(16)22-25-20(26-28-22)15-8-4-3-5-9-15/h3-11,14,18-19,23H,12-13H2,1-2H3,(H,24,27)/t18-,19+/m1/s1. The molecule has 2 N–H and O–H groups in total. The van der Waals surface area contributed by atoms with Crippen LogP contribution in [0.1, 0.15) is 37.0 Å². The van der Waals surface area contributed by atoms with E-state index in [9.17, 15) is 4.79 Å². The van der Waals surface area contributed by atoms with E-state index in [2.05, 4.69) is 34.6 Å². The van der Waals surface area contributed by atoms with Crippen molar-refractivity contribution in [3.05, 3.63) is 60.2 Å². The fourth-order valence-electron chi connectivity index (χ4n) is 3.45. The van der Waals surface area contributed by atoms with Gasteiger partial charge in [-0.25, -0.2) is 0 Å². The van der Waals surface area contributed by atoms with Gasteiger partial charge in [-0.2, -0.15) is 4.98 Å². The smallest absolute Gasteiger partial charge is 0.259 e. The monoisotopic (exact) mass is 376 g/mol. The maximum Gasteiger partial charge on any atom is 0.259 e. The predicted octanol–water partition coefficient (Wildman–Crippen LogP) is 3.66. The average molecular weight is 376 g/mol. The van der Waals surface area contributed by atoms with E-state index in [1.54, 1.807) is 6.07 Å². The fourth-order valence-corrected chi connectivity index (χ4v) is 3.45. The molecule has 6 nitrogen and oxygen atoms in total. The van der Waals surface area contributed by atoms with Crippen molar-refractivity contribution >= 4 is 5.91 Å². The minimum Gasteiger partial charge on any atom is -0.348 e. The van der Waals surface area contributed by atoms with Crippen LogP contribution in [0, 0.1) is 0 Å².